The lowest BCUT2D eigenvalue weighted by Crippen LogP contribution is -2.28. The Morgan fingerprint density at radius 2 is 1.72 bits per heavy atom. The molecule has 154 valence electrons. The summed E-state index contributed by atoms with van der Waals surface area (Å²) in [5.41, 5.74) is 1.84. The van der Waals surface area contributed by atoms with Crippen molar-refractivity contribution in [3.8, 4) is 11.1 Å². The number of H-pyrrole nitrogens is 1. The minimum Gasteiger partial charge on any atom is -0.478 e. The maximum Gasteiger partial charge on any atom is 0.412 e. The number of aromatic carboxylic acids is 2. The van der Waals surface area contributed by atoms with Gasteiger partial charge in [0.05, 0.1) is 5.69 Å². The molecule has 0 bridgehead atoms. The van der Waals surface area contributed by atoms with Gasteiger partial charge in [0.25, 0.3) is 5.56 Å². The number of nitrogen functional groups attached to an aromatic ring is 1. The van der Waals surface area contributed by atoms with Crippen LogP contribution in [0.25, 0.3) is 11.1 Å². The van der Waals surface area contributed by atoms with Gasteiger partial charge in [0, 0.05) is 15.6 Å². The van der Waals surface area contributed by atoms with Crippen molar-refractivity contribution >= 4 is 45.5 Å². The molecule has 1 aromatic heterocycles. The number of benzene rings is 1. The van der Waals surface area contributed by atoms with Gasteiger partial charge in [-0.05, 0) is 39.0 Å². The number of pyridine rings is 1. The number of aromatic nitrogens is 1. The van der Waals surface area contributed by atoms with Gasteiger partial charge < -0.3 is 25.7 Å². The van der Waals surface area contributed by atoms with Crippen LogP contribution < -0.4 is 16.6 Å². The van der Waals surface area contributed by atoms with Crippen LogP contribution in [0.5, 0.6) is 0 Å². The topological polar surface area (TPSA) is 172 Å². The zero-order valence-corrected chi connectivity index (χ0v) is 17.2. The van der Waals surface area contributed by atoms with E-state index in [9.17, 15) is 29.4 Å². The molecule has 2 rings (SSSR count). The highest BCUT2D eigenvalue weighted by Gasteiger charge is 2.29. The highest BCUT2D eigenvalue weighted by atomic mass is 79.9. The third-order valence-electron chi connectivity index (χ3n) is 3.56. The number of ether oxygens (including phenoxy) is 1. The molecule has 2 aromatic rings. The molecule has 29 heavy (non-hydrogen) atoms. The van der Waals surface area contributed by atoms with Gasteiger partial charge >= 0.3 is 18.0 Å². The zero-order valence-electron chi connectivity index (χ0n) is 15.6. The lowest BCUT2D eigenvalue weighted by Gasteiger charge is -2.21. The van der Waals surface area contributed by atoms with Crippen molar-refractivity contribution in [3.05, 3.63) is 44.2 Å². The van der Waals surface area contributed by atoms with E-state index in [1.54, 1.807) is 20.8 Å². The number of rotatable bonds is 4. The van der Waals surface area contributed by atoms with Crippen molar-refractivity contribution in [2.75, 3.05) is 11.1 Å². The molecule has 0 radical (unpaired) electrons. The van der Waals surface area contributed by atoms with Crippen molar-refractivity contribution in [1.82, 2.24) is 4.98 Å². The van der Waals surface area contributed by atoms with Gasteiger partial charge in [0.15, 0.2) is 0 Å². The minimum atomic E-state index is -1.66. The molecule has 6 N–H and O–H groups in total. The smallest absolute Gasteiger partial charge is 0.412 e. The van der Waals surface area contributed by atoms with Gasteiger partial charge in [-0.15, -0.1) is 0 Å². The molecule has 0 aliphatic heterocycles. The summed E-state index contributed by atoms with van der Waals surface area (Å²) in [4.78, 5) is 50.0. The van der Waals surface area contributed by atoms with Crippen LogP contribution in [0.3, 0.4) is 0 Å². The van der Waals surface area contributed by atoms with Crippen LogP contribution in [0.2, 0.25) is 0 Å². The number of hydrogen-bond acceptors (Lipinski definition) is 6. The number of carboxylic acids is 2. The largest absolute Gasteiger partial charge is 0.478 e. The summed E-state index contributed by atoms with van der Waals surface area (Å²) in [6.45, 7) is 4.95. The lowest BCUT2D eigenvalue weighted by atomic mass is 9.94. The highest BCUT2D eigenvalue weighted by molar-refractivity contribution is 9.10. The Morgan fingerprint density at radius 3 is 2.24 bits per heavy atom. The van der Waals surface area contributed by atoms with E-state index in [4.69, 9.17) is 10.5 Å². The predicted molar refractivity (Wildman–Crippen MR) is 108 cm³/mol. The van der Waals surface area contributed by atoms with Gasteiger partial charge in [-0.25, -0.2) is 14.4 Å². The van der Waals surface area contributed by atoms with Gasteiger partial charge in [-0.2, -0.15) is 0 Å². The van der Waals surface area contributed by atoms with Crippen LogP contribution >= 0.6 is 15.9 Å². The van der Waals surface area contributed by atoms with Crippen LogP contribution in [0.15, 0.2) is 27.5 Å². The maximum atomic E-state index is 12.2. The number of anilines is 2. The average Bonchev–Trinajstić information content (AvgIpc) is 2.53. The van der Waals surface area contributed by atoms with Gasteiger partial charge in [0.2, 0.25) is 0 Å². The summed E-state index contributed by atoms with van der Waals surface area (Å²) >= 11 is 3.21. The van der Waals surface area contributed by atoms with Crippen molar-refractivity contribution < 1.29 is 29.3 Å². The molecular formula is C18H18BrN3O7. The Hall–Kier alpha value is -3.34. The molecule has 0 saturated heterocycles. The first kappa shape index (κ1) is 22.0. The molecule has 10 nitrogen and oxygen atoms in total. The fourth-order valence-electron chi connectivity index (χ4n) is 2.56. The fraction of sp³-hybridized carbons (Fsp3) is 0.222. The summed E-state index contributed by atoms with van der Waals surface area (Å²) in [6, 6.07) is 4.30. The van der Waals surface area contributed by atoms with E-state index in [-0.39, 0.29) is 11.3 Å². The summed E-state index contributed by atoms with van der Waals surface area (Å²) in [5.74, 6) is -3.74. The second kappa shape index (κ2) is 7.95. The van der Waals surface area contributed by atoms with Crippen molar-refractivity contribution in [2.45, 2.75) is 26.4 Å². The number of nitrogens with one attached hydrogen (secondary N) is 2. The number of carbonyl (C=O) groups is 3. The number of hydrogen-bond donors (Lipinski definition) is 5. The predicted octanol–water partition coefficient (Wildman–Crippen LogP) is 3.13. The van der Waals surface area contributed by atoms with E-state index in [1.807, 2.05) is 4.98 Å². The summed E-state index contributed by atoms with van der Waals surface area (Å²) in [6.07, 6.45) is -0.854. The molecule has 0 aliphatic rings. The lowest BCUT2D eigenvalue weighted by molar-refractivity contribution is 0.0632. The van der Waals surface area contributed by atoms with E-state index >= 15 is 0 Å². The molecule has 0 aliphatic carbocycles. The second-order valence-corrected chi connectivity index (χ2v) is 7.84. The average molecular weight is 468 g/mol. The Kier molecular flexibility index (Phi) is 6.02. The number of nitrogens with two attached hydrogens (primary N) is 1. The normalized spacial score (nSPS) is 11.0. The van der Waals surface area contributed by atoms with Crippen LogP contribution in [0.4, 0.5) is 16.3 Å². The quantitative estimate of drug-likeness (QED) is 0.455. The Labute approximate surface area is 172 Å². The third-order valence-corrected chi connectivity index (χ3v) is 4.05. The second-order valence-electron chi connectivity index (χ2n) is 6.92. The first-order valence-corrected chi connectivity index (χ1v) is 8.93. The van der Waals surface area contributed by atoms with E-state index in [0.29, 0.717) is 4.47 Å². The number of aromatic amines is 1. The molecular weight excluding hydrogens is 450 g/mol. The standard InChI is InChI=1S/C18H18BrN3O7/c1-18(2,3)29-17(28)21-9-5-4-7(19)6-8(9)10-11(15(24)25)13(20)22-14(23)12(10)16(26)27/h4-6H,1-3H3,(H,21,28)(H,24,25)(H,26,27)(H3,20,22,23). The van der Waals surface area contributed by atoms with Crippen molar-refractivity contribution in [1.29, 1.82) is 0 Å². The first-order chi connectivity index (χ1) is 13.3. The zero-order chi connectivity index (χ0) is 22.1. The van der Waals surface area contributed by atoms with Gasteiger partial charge in [-0.3, -0.25) is 10.1 Å². The molecule has 0 atom stereocenters. The SMILES string of the molecule is CC(C)(C)OC(=O)Nc1ccc(Br)cc1-c1c(C(=O)O)c(N)[nH]c(=O)c1C(=O)O. The maximum absolute atomic E-state index is 12.2. The van der Waals surface area contributed by atoms with Crippen LogP contribution in [0, 0.1) is 0 Å². The Balaban J connectivity index is 2.83. The molecule has 1 aromatic carbocycles. The van der Waals surface area contributed by atoms with Crippen LogP contribution in [-0.4, -0.2) is 38.8 Å². The molecule has 0 spiro atoms. The fourth-order valence-corrected chi connectivity index (χ4v) is 2.92. The summed E-state index contributed by atoms with van der Waals surface area (Å²) in [7, 11) is 0. The van der Waals surface area contributed by atoms with Crippen molar-refractivity contribution in [3.63, 3.8) is 0 Å². The number of carbonyl (C=O) groups excluding carboxylic acids is 1. The van der Waals surface area contributed by atoms with Gasteiger partial charge in [0.1, 0.15) is 22.5 Å². The summed E-state index contributed by atoms with van der Waals surface area (Å²) < 4.78 is 5.62. The number of amides is 1. The Morgan fingerprint density at radius 1 is 1.14 bits per heavy atom. The molecule has 1 heterocycles. The molecule has 11 heteroatoms. The van der Waals surface area contributed by atoms with E-state index in [1.165, 1.54) is 18.2 Å². The highest BCUT2D eigenvalue weighted by Crippen LogP contribution is 2.36. The van der Waals surface area contributed by atoms with Crippen LogP contribution in [-0.2, 0) is 4.74 Å². The minimum absolute atomic E-state index is 0.0254. The molecule has 1 amide bonds. The van der Waals surface area contributed by atoms with E-state index in [0.717, 1.165) is 0 Å². The molecule has 0 fully saturated rings. The van der Waals surface area contributed by atoms with E-state index < -0.39 is 51.7 Å². The number of carboxylic acid groups (broad SMARTS) is 2. The van der Waals surface area contributed by atoms with Crippen molar-refractivity contribution in [2.24, 2.45) is 0 Å². The van der Waals surface area contributed by atoms with Crippen LogP contribution in [0.1, 0.15) is 41.5 Å². The number of halogens is 1. The van der Waals surface area contributed by atoms with Gasteiger partial charge in [-0.1, -0.05) is 15.9 Å². The molecule has 0 unspecified atom stereocenters. The van der Waals surface area contributed by atoms with E-state index in [2.05, 4.69) is 21.2 Å². The third kappa shape index (κ3) is 4.93. The monoisotopic (exact) mass is 467 g/mol. The molecule has 0 saturated carbocycles. The first-order valence-electron chi connectivity index (χ1n) is 8.14. The summed E-state index contributed by atoms with van der Waals surface area (Å²) in [5, 5.41) is 21.5. The Bertz CT molecular complexity index is 1070.